The molecule has 4 aromatic carbocycles. The molecule has 42 heavy (non-hydrogen) atoms. The van der Waals surface area contributed by atoms with Crippen molar-refractivity contribution in [3.05, 3.63) is 119 Å². The maximum absolute atomic E-state index is 14.6. The molecule has 2 atom stereocenters. The predicted octanol–water partition coefficient (Wildman–Crippen LogP) is 6.19. The van der Waals surface area contributed by atoms with E-state index in [-0.39, 0.29) is 11.8 Å². The van der Waals surface area contributed by atoms with Crippen LogP contribution in [0.5, 0.6) is 11.5 Å². The van der Waals surface area contributed by atoms with Crippen LogP contribution in [0.1, 0.15) is 33.4 Å². The molecule has 2 aliphatic rings. The number of fused-ring (bicyclic) bond motifs is 1. The van der Waals surface area contributed by atoms with Gasteiger partial charge in [0.25, 0.3) is 5.91 Å². The van der Waals surface area contributed by atoms with Crippen molar-refractivity contribution in [3.8, 4) is 11.5 Å². The van der Waals surface area contributed by atoms with Crippen LogP contribution in [-0.2, 0) is 4.79 Å². The fourth-order valence-electron chi connectivity index (χ4n) is 6.02. The molecule has 0 aliphatic carbocycles. The number of hydrogen-bond donors (Lipinski definition) is 0. The van der Waals surface area contributed by atoms with Crippen LogP contribution in [0.25, 0.3) is 0 Å². The van der Waals surface area contributed by atoms with Crippen LogP contribution in [0.15, 0.2) is 97.1 Å². The summed E-state index contributed by atoms with van der Waals surface area (Å²) in [5.74, 6) is 0.644. The molecule has 2 amide bonds. The molecule has 1 saturated heterocycles. The van der Waals surface area contributed by atoms with Crippen LogP contribution in [0.2, 0.25) is 5.02 Å². The number of hydrogen-bond acceptors (Lipinski definition) is 5. The highest BCUT2D eigenvalue weighted by molar-refractivity contribution is 6.30. The number of benzene rings is 4. The molecule has 0 N–H and O–H groups in total. The van der Waals surface area contributed by atoms with E-state index in [4.69, 9.17) is 21.1 Å². The van der Waals surface area contributed by atoms with Gasteiger partial charge in [0.05, 0.1) is 26.2 Å². The number of ether oxygens (including phenoxy) is 2. The minimum Gasteiger partial charge on any atom is -0.497 e. The highest BCUT2D eigenvalue weighted by Gasteiger charge is 2.46. The number of halogens is 1. The summed E-state index contributed by atoms with van der Waals surface area (Å²) >= 11 is 6.24. The maximum atomic E-state index is 14.6. The summed E-state index contributed by atoms with van der Waals surface area (Å²) in [6.07, 6.45) is 0. The summed E-state index contributed by atoms with van der Waals surface area (Å²) in [6, 6.07) is 29.7. The average molecular weight is 582 g/mol. The largest absolute Gasteiger partial charge is 0.497 e. The third-order valence-electron chi connectivity index (χ3n) is 8.18. The predicted molar refractivity (Wildman–Crippen MR) is 165 cm³/mol. The van der Waals surface area contributed by atoms with Crippen LogP contribution in [0, 0.1) is 0 Å². The lowest BCUT2D eigenvalue weighted by Crippen LogP contribution is -2.53. The number of methoxy groups -OCH3 is 2. The van der Waals surface area contributed by atoms with Crippen molar-refractivity contribution in [2.45, 2.75) is 12.0 Å². The molecule has 0 unspecified atom stereocenters. The molecular formula is C34H32ClN3O4. The Bertz CT molecular complexity index is 1580. The average Bonchev–Trinajstić information content (AvgIpc) is 3.04. The first-order valence-electron chi connectivity index (χ1n) is 14.0. The molecule has 8 heteroatoms. The van der Waals surface area contributed by atoms with E-state index in [1.165, 1.54) is 0 Å². The van der Waals surface area contributed by atoms with Gasteiger partial charge in [0.2, 0.25) is 5.91 Å². The van der Waals surface area contributed by atoms with Gasteiger partial charge in [-0.1, -0.05) is 48.0 Å². The molecule has 0 spiro atoms. The van der Waals surface area contributed by atoms with E-state index in [0.29, 0.717) is 54.0 Å². The quantitative estimate of drug-likeness (QED) is 0.272. The van der Waals surface area contributed by atoms with Gasteiger partial charge >= 0.3 is 0 Å². The van der Waals surface area contributed by atoms with Gasteiger partial charge in [-0.15, -0.1) is 0 Å². The number of nitrogens with zero attached hydrogens (tertiary/aromatic N) is 3. The fraction of sp³-hybridized carbons (Fsp3) is 0.235. The standard InChI is InChI=1S/C34H32ClN3O4/c1-41-27-14-10-23(11-15-27)32-31(34(40)37-20-18-36(19-21-37)26-7-5-6-24(35)22-26)29-8-3-4-9-30(29)33(39)38(32)25-12-16-28(42-2)17-13-25/h3-17,22,31-32H,18-21H2,1-2H3/t31-,32-/m0/s1. The number of amides is 2. The second-order valence-electron chi connectivity index (χ2n) is 10.4. The molecule has 0 saturated carbocycles. The van der Waals surface area contributed by atoms with Crippen molar-refractivity contribution in [2.24, 2.45) is 0 Å². The SMILES string of the molecule is COc1ccc([C@H]2[C@@H](C(=O)N3CCN(c4cccc(Cl)c4)CC3)c3ccccc3C(=O)N2c2ccc(OC)cc2)cc1. The highest BCUT2D eigenvalue weighted by Crippen LogP contribution is 2.46. The minimum absolute atomic E-state index is 0.0000221. The van der Waals surface area contributed by atoms with E-state index < -0.39 is 12.0 Å². The smallest absolute Gasteiger partial charge is 0.259 e. The summed E-state index contributed by atoms with van der Waals surface area (Å²) < 4.78 is 10.8. The maximum Gasteiger partial charge on any atom is 0.259 e. The topological polar surface area (TPSA) is 62.3 Å². The number of carbonyl (C=O) groups is 2. The zero-order chi connectivity index (χ0) is 29.2. The van der Waals surface area contributed by atoms with E-state index in [0.717, 1.165) is 16.8 Å². The van der Waals surface area contributed by atoms with Crippen molar-refractivity contribution in [2.75, 3.05) is 50.2 Å². The van der Waals surface area contributed by atoms with Crippen LogP contribution in [-0.4, -0.2) is 57.1 Å². The van der Waals surface area contributed by atoms with Crippen LogP contribution >= 0.6 is 11.6 Å². The van der Waals surface area contributed by atoms with Gasteiger partial charge in [0.1, 0.15) is 11.5 Å². The van der Waals surface area contributed by atoms with Gasteiger partial charge < -0.3 is 19.3 Å². The van der Waals surface area contributed by atoms with Gasteiger partial charge in [-0.05, 0) is 71.8 Å². The normalized spacial score (nSPS) is 18.5. The molecule has 214 valence electrons. The molecule has 7 nitrogen and oxygen atoms in total. The lowest BCUT2D eigenvalue weighted by Gasteiger charge is -2.44. The Hall–Kier alpha value is -4.49. The molecule has 2 aliphatic heterocycles. The van der Waals surface area contributed by atoms with Crippen LogP contribution in [0.3, 0.4) is 0 Å². The Kier molecular flexibility index (Phi) is 7.76. The van der Waals surface area contributed by atoms with Crippen LogP contribution in [0.4, 0.5) is 11.4 Å². The second kappa shape index (κ2) is 11.8. The summed E-state index contributed by atoms with van der Waals surface area (Å²) in [5, 5.41) is 0.690. The molecule has 0 bridgehead atoms. The number of piperazine rings is 1. The van der Waals surface area contributed by atoms with Gasteiger partial charge in [-0.25, -0.2) is 0 Å². The molecular weight excluding hydrogens is 550 g/mol. The Labute approximate surface area is 250 Å². The third kappa shape index (κ3) is 5.16. The first-order chi connectivity index (χ1) is 20.5. The highest BCUT2D eigenvalue weighted by atomic mass is 35.5. The van der Waals surface area contributed by atoms with Gasteiger partial charge in [-0.3, -0.25) is 14.5 Å². The van der Waals surface area contributed by atoms with E-state index in [9.17, 15) is 9.59 Å². The Morgan fingerprint density at radius 3 is 2.05 bits per heavy atom. The molecule has 0 aromatic heterocycles. The summed E-state index contributed by atoms with van der Waals surface area (Å²) in [7, 11) is 3.23. The fourth-order valence-corrected chi connectivity index (χ4v) is 6.21. The lowest BCUT2D eigenvalue weighted by atomic mass is 9.78. The van der Waals surface area contributed by atoms with Gasteiger partial charge in [-0.2, -0.15) is 0 Å². The van der Waals surface area contributed by atoms with Gasteiger partial charge in [0.15, 0.2) is 0 Å². The molecule has 2 heterocycles. The minimum atomic E-state index is -0.605. The van der Waals surface area contributed by atoms with E-state index in [1.807, 2.05) is 102 Å². The van der Waals surface area contributed by atoms with E-state index in [2.05, 4.69) is 4.90 Å². The summed E-state index contributed by atoms with van der Waals surface area (Å²) in [5.41, 5.74) is 3.87. The molecule has 1 fully saturated rings. The molecule has 6 rings (SSSR count). The number of anilines is 2. The zero-order valence-electron chi connectivity index (χ0n) is 23.6. The van der Waals surface area contributed by atoms with Crippen LogP contribution < -0.4 is 19.3 Å². The first kappa shape index (κ1) is 27.7. The Balaban J connectivity index is 1.40. The Morgan fingerprint density at radius 2 is 1.40 bits per heavy atom. The van der Waals surface area contributed by atoms with Crippen molar-refractivity contribution in [3.63, 3.8) is 0 Å². The van der Waals surface area contributed by atoms with Crippen molar-refractivity contribution < 1.29 is 19.1 Å². The monoisotopic (exact) mass is 581 g/mol. The van der Waals surface area contributed by atoms with Crippen molar-refractivity contribution in [1.82, 2.24) is 4.90 Å². The molecule has 0 radical (unpaired) electrons. The summed E-state index contributed by atoms with van der Waals surface area (Å²) in [6.45, 7) is 2.51. The van der Waals surface area contributed by atoms with Crippen molar-refractivity contribution >= 4 is 34.8 Å². The number of rotatable bonds is 6. The zero-order valence-corrected chi connectivity index (χ0v) is 24.3. The van der Waals surface area contributed by atoms with Crippen molar-refractivity contribution in [1.29, 1.82) is 0 Å². The summed E-state index contributed by atoms with van der Waals surface area (Å²) in [4.78, 5) is 34.7. The third-order valence-corrected chi connectivity index (χ3v) is 8.41. The lowest BCUT2D eigenvalue weighted by molar-refractivity contribution is -0.133. The van der Waals surface area contributed by atoms with Gasteiger partial charge in [0, 0.05) is 48.1 Å². The number of carbonyl (C=O) groups excluding carboxylic acids is 2. The molecule has 4 aromatic rings. The second-order valence-corrected chi connectivity index (χ2v) is 10.9. The Morgan fingerprint density at radius 1 is 0.762 bits per heavy atom. The van der Waals surface area contributed by atoms with E-state index in [1.54, 1.807) is 19.1 Å². The first-order valence-corrected chi connectivity index (χ1v) is 14.4. The van der Waals surface area contributed by atoms with E-state index >= 15 is 0 Å².